The summed E-state index contributed by atoms with van der Waals surface area (Å²) >= 11 is 0.820. The maximum absolute atomic E-state index is 13.8. The summed E-state index contributed by atoms with van der Waals surface area (Å²) in [4.78, 5) is 32.0. The number of thiazole rings is 1. The van der Waals surface area contributed by atoms with Crippen molar-refractivity contribution < 1.29 is 18.0 Å². The third-order valence-electron chi connectivity index (χ3n) is 5.46. The number of alkyl halides is 3. The first kappa shape index (κ1) is 23.4. The van der Waals surface area contributed by atoms with E-state index in [0.29, 0.717) is 18.7 Å². The van der Waals surface area contributed by atoms with Gasteiger partial charge in [-0.25, -0.2) is 0 Å². The maximum Gasteiger partial charge on any atom is 0.418 e. The molecule has 1 aliphatic heterocycles. The average molecular weight is 485 g/mol. The molecule has 1 fully saturated rings. The van der Waals surface area contributed by atoms with Crippen molar-refractivity contribution in [2.24, 2.45) is 0 Å². The van der Waals surface area contributed by atoms with Crippen LogP contribution in [-0.2, 0) is 11.0 Å². The first-order chi connectivity index (χ1) is 16.3. The Morgan fingerprint density at radius 3 is 2.41 bits per heavy atom. The van der Waals surface area contributed by atoms with E-state index in [1.807, 2.05) is 6.07 Å². The molecule has 6 nitrogen and oxygen atoms in total. The number of amides is 1. The summed E-state index contributed by atoms with van der Waals surface area (Å²) < 4.78 is 42.2. The van der Waals surface area contributed by atoms with Gasteiger partial charge in [-0.05, 0) is 55.2 Å². The van der Waals surface area contributed by atoms with Gasteiger partial charge in [-0.2, -0.15) is 18.4 Å². The Morgan fingerprint density at radius 2 is 1.76 bits per heavy atom. The van der Waals surface area contributed by atoms with E-state index in [9.17, 15) is 28.0 Å². The Hall–Kier alpha value is -3.71. The molecule has 0 aliphatic carbocycles. The van der Waals surface area contributed by atoms with Gasteiger partial charge in [0.15, 0.2) is 5.57 Å². The SMILES string of the molecule is N#C/C(C(=O)N1CCCCC1)=c1\s/c(=C\c2ccncc2)c(=O)n1-c1ccccc1C(F)(F)F. The van der Waals surface area contributed by atoms with E-state index in [0.717, 1.165) is 47.3 Å². The highest BCUT2D eigenvalue weighted by molar-refractivity contribution is 7.07. The molecule has 0 radical (unpaired) electrons. The average Bonchev–Trinajstić information content (AvgIpc) is 3.15. The number of rotatable bonds is 3. The van der Waals surface area contributed by atoms with E-state index < -0.39 is 28.9 Å². The number of carbonyl (C=O) groups excluding carboxylic acids is 1. The number of halogens is 3. The van der Waals surface area contributed by atoms with E-state index in [4.69, 9.17) is 0 Å². The second-order valence-electron chi connectivity index (χ2n) is 7.69. The molecule has 0 atom stereocenters. The van der Waals surface area contributed by atoms with Crippen LogP contribution < -0.4 is 14.8 Å². The lowest BCUT2D eigenvalue weighted by Gasteiger charge is -2.26. The molecule has 1 saturated heterocycles. The van der Waals surface area contributed by atoms with Gasteiger partial charge < -0.3 is 4.90 Å². The molecule has 10 heteroatoms. The Kier molecular flexibility index (Phi) is 6.65. The largest absolute Gasteiger partial charge is 0.418 e. The van der Waals surface area contributed by atoms with E-state index in [2.05, 4.69) is 4.98 Å². The first-order valence-electron chi connectivity index (χ1n) is 10.5. The van der Waals surface area contributed by atoms with Crippen molar-refractivity contribution in [2.45, 2.75) is 25.4 Å². The number of para-hydroxylation sites is 1. The van der Waals surface area contributed by atoms with Gasteiger partial charge in [0, 0.05) is 25.5 Å². The van der Waals surface area contributed by atoms with E-state index in [1.54, 1.807) is 12.1 Å². The number of aromatic nitrogens is 2. The van der Waals surface area contributed by atoms with Gasteiger partial charge in [-0.3, -0.25) is 19.1 Å². The van der Waals surface area contributed by atoms with Crippen LogP contribution in [0.2, 0.25) is 0 Å². The Labute approximate surface area is 196 Å². The van der Waals surface area contributed by atoms with Gasteiger partial charge in [0.25, 0.3) is 11.5 Å². The van der Waals surface area contributed by atoms with Crippen LogP contribution in [0.3, 0.4) is 0 Å². The van der Waals surface area contributed by atoms with Crippen molar-refractivity contribution in [1.29, 1.82) is 5.26 Å². The summed E-state index contributed by atoms with van der Waals surface area (Å²) in [5.41, 5.74) is -1.95. The fraction of sp³-hybridized carbons (Fsp3) is 0.250. The third-order valence-corrected chi connectivity index (χ3v) is 6.55. The van der Waals surface area contributed by atoms with Crippen LogP contribution >= 0.6 is 11.3 Å². The number of pyridine rings is 1. The molecule has 3 aromatic rings. The molecule has 3 heterocycles. The zero-order chi connectivity index (χ0) is 24.3. The standard InChI is InChI=1S/C24H19F3N4O2S/c25-24(26,27)18-6-2-3-7-19(18)31-22(33)20(14-16-8-10-29-11-9-16)34-23(31)17(15-28)21(32)30-12-4-1-5-13-30/h2-3,6-11,14H,1,4-5,12-13H2/b20-14-,23-17+. The molecule has 0 spiro atoms. The summed E-state index contributed by atoms with van der Waals surface area (Å²) in [5, 5.41) is 9.89. The predicted octanol–water partition coefficient (Wildman–Crippen LogP) is 2.83. The summed E-state index contributed by atoms with van der Waals surface area (Å²) in [6.45, 7) is 0.906. The van der Waals surface area contributed by atoms with Gasteiger partial charge >= 0.3 is 6.18 Å². The molecule has 174 valence electrons. The van der Waals surface area contributed by atoms with Crippen LogP contribution in [0.25, 0.3) is 17.3 Å². The number of hydrogen-bond acceptors (Lipinski definition) is 5. The Bertz CT molecular complexity index is 1430. The van der Waals surface area contributed by atoms with Gasteiger partial charge in [-0.15, -0.1) is 11.3 Å². The maximum atomic E-state index is 13.8. The molecule has 1 aromatic carbocycles. The Balaban J connectivity index is 2.06. The smallest absolute Gasteiger partial charge is 0.338 e. The number of hydrogen-bond donors (Lipinski definition) is 0. The minimum absolute atomic E-state index is 0.0948. The predicted molar refractivity (Wildman–Crippen MR) is 121 cm³/mol. The highest BCUT2D eigenvalue weighted by Crippen LogP contribution is 2.33. The highest BCUT2D eigenvalue weighted by atomic mass is 32.1. The fourth-order valence-corrected chi connectivity index (χ4v) is 4.92. The molecule has 0 bridgehead atoms. The van der Waals surface area contributed by atoms with Crippen molar-refractivity contribution in [2.75, 3.05) is 13.1 Å². The van der Waals surface area contributed by atoms with Crippen molar-refractivity contribution in [3.8, 4) is 11.8 Å². The topological polar surface area (TPSA) is 79.0 Å². The number of nitriles is 1. The van der Waals surface area contributed by atoms with Crippen LogP contribution in [0.4, 0.5) is 13.2 Å². The molecule has 0 unspecified atom stereocenters. The second-order valence-corrected chi connectivity index (χ2v) is 8.72. The van der Waals surface area contributed by atoms with E-state index in [-0.39, 0.29) is 14.8 Å². The minimum Gasteiger partial charge on any atom is -0.338 e. The van der Waals surface area contributed by atoms with Gasteiger partial charge in [0.1, 0.15) is 10.7 Å². The van der Waals surface area contributed by atoms with E-state index >= 15 is 0 Å². The zero-order valence-corrected chi connectivity index (χ0v) is 18.7. The van der Waals surface area contributed by atoms with Crippen LogP contribution in [0.1, 0.15) is 30.4 Å². The normalized spacial score (nSPS) is 15.7. The molecule has 34 heavy (non-hydrogen) atoms. The quantitative estimate of drug-likeness (QED) is 0.573. The lowest BCUT2D eigenvalue weighted by atomic mass is 10.1. The zero-order valence-electron chi connectivity index (χ0n) is 17.9. The van der Waals surface area contributed by atoms with Crippen LogP contribution in [-0.4, -0.2) is 33.4 Å². The third kappa shape index (κ3) is 4.65. The number of benzene rings is 1. The van der Waals surface area contributed by atoms with Crippen LogP contribution in [0.5, 0.6) is 0 Å². The summed E-state index contributed by atoms with van der Waals surface area (Å²) in [6, 6.07) is 9.77. The van der Waals surface area contributed by atoms with Crippen molar-refractivity contribution in [3.05, 3.63) is 79.5 Å². The summed E-state index contributed by atoms with van der Waals surface area (Å²) in [6.07, 6.45) is 2.31. The number of piperidine rings is 1. The van der Waals surface area contributed by atoms with Crippen LogP contribution in [0.15, 0.2) is 53.6 Å². The van der Waals surface area contributed by atoms with Crippen molar-refractivity contribution in [3.63, 3.8) is 0 Å². The fourth-order valence-electron chi connectivity index (χ4n) is 3.83. The summed E-state index contributed by atoms with van der Waals surface area (Å²) in [7, 11) is 0. The molecule has 4 rings (SSSR count). The number of nitrogens with zero attached hydrogens (tertiary/aromatic N) is 4. The molecular formula is C24H19F3N4O2S. The molecule has 2 aromatic heterocycles. The van der Waals surface area contributed by atoms with Gasteiger partial charge in [0.2, 0.25) is 0 Å². The van der Waals surface area contributed by atoms with Crippen molar-refractivity contribution in [1.82, 2.24) is 14.5 Å². The van der Waals surface area contributed by atoms with Crippen molar-refractivity contribution >= 4 is 28.9 Å². The van der Waals surface area contributed by atoms with Gasteiger partial charge in [-0.1, -0.05) is 12.1 Å². The lowest BCUT2D eigenvalue weighted by Crippen LogP contribution is -2.39. The number of likely N-dealkylation sites (tertiary alicyclic amines) is 1. The molecule has 0 N–H and O–H groups in total. The Morgan fingerprint density at radius 1 is 1.09 bits per heavy atom. The molecular weight excluding hydrogens is 465 g/mol. The number of carbonyl (C=O) groups is 1. The lowest BCUT2D eigenvalue weighted by molar-refractivity contribution is -0.137. The second kappa shape index (κ2) is 9.65. The molecule has 1 amide bonds. The van der Waals surface area contributed by atoms with Gasteiger partial charge in [0.05, 0.1) is 15.8 Å². The minimum atomic E-state index is -4.74. The first-order valence-corrected chi connectivity index (χ1v) is 11.4. The molecule has 1 aliphatic rings. The monoisotopic (exact) mass is 484 g/mol. The highest BCUT2D eigenvalue weighted by Gasteiger charge is 2.35. The van der Waals surface area contributed by atoms with Crippen LogP contribution in [0, 0.1) is 11.3 Å². The molecule has 0 saturated carbocycles. The van der Waals surface area contributed by atoms with E-state index in [1.165, 1.54) is 35.5 Å². The summed E-state index contributed by atoms with van der Waals surface area (Å²) in [5.74, 6) is -0.586.